The van der Waals surface area contributed by atoms with Crippen LogP contribution in [0.2, 0.25) is 5.02 Å². The van der Waals surface area contributed by atoms with Crippen LogP contribution in [0.1, 0.15) is 10.4 Å². The van der Waals surface area contributed by atoms with E-state index in [0.29, 0.717) is 12.4 Å². The molecular weight excluding hydrogens is 420 g/mol. The van der Waals surface area contributed by atoms with E-state index >= 15 is 0 Å². The Hall–Kier alpha value is -3.47. The van der Waals surface area contributed by atoms with Crippen LogP contribution in [-0.2, 0) is 0 Å². The van der Waals surface area contributed by atoms with E-state index in [1.165, 1.54) is 12.3 Å². The standard InChI is InChI=1S/C17H7ClF4N4O3/c18-8-2-13-12(28-17(21,22)29-13)1-7(8)11-5-25-14(6-24-11)26-16(27)15-9(19)3-23-4-10(15)20/h1-6H,(H,25,26,27). The van der Waals surface area contributed by atoms with Crippen LogP contribution in [0.15, 0.2) is 36.9 Å². The smallest absolute Gasteiger partial charge is 0.395 e. The number of rotatable bonds is 3. The predicted octanol–water partition coefficient (Wildman–Crippen LogP) is 4.04. The lowest BCUT2D eigenvalue weighted by Gasteiger charge is -2.08. The number of pyridine rings is 1. The van der Waals surface area contributed by atoms with Crippen LogP contribution in [0.3, 0.4) is 0 Å². The summed E-state index contributed by atoms with van der Waals surface area (Å²) < 4.78 is 62.2. The van der Waals surface area contributed by atoms with Crippen LogP contribution in [0, 0.1) is 11.6 Å². The van der Waals surface area contributed by atoms with Gasteiger partial charge in [-0.3, -0.25) is 14.8 Å². The van der Waals surface area contributed by atoms with Gasteiger partial charge in [-0.25, -0.2) is 13.8 Å². The molecule has 2 aromatic heterocycles. The molecule has 3 heterocycles. The lowest BCUT2D eigenvalue weighted by Crippen LogP contribution is -2.25. The molecule has 0 radical (unpaired) electrons. The number of fused-ring (bicyclic) bond motifs is 1. The number of amides is 1. The summed E-state index contributed by atoms with van der Waals surface area (Å²) >= 11 is 6.07. The summed E-state index contributed by atoms with van der Waals surface area (Å²) in [5, 5.41) is 2.23. The Bertz CT molecular complexity index is 1110. The Morgan fingerprint density at radius 2 is 1.66 bits per heavy atom. The largest absolute Gasteiger partial charge is 0.586 e. The third kappa shape index (κ3) is 3.63. The summed E-state index contributed by atoms with van der Waals surface area (Å²) in [4.78, 5) is 23.3. The zero-order valence-corrected chi connectivity index (χ0v) is 14.7. The minimum Gasteiger partial charge on any atom is -0.395 e. The molecule has 0 saturated carbocycles. The van der Waals surface area contributed by atoms with Gasteiger partial charge in [0.2, 0.25) is 0 Å². The number of alkyl halides is 2. The third-order valence-electron chi connectivity index (χ3n) is 3.74. The molecule has 148 valence electrons. The third-order valence-corrected chi connectivity index (χ3v) is 4.05. The van der Waals surface area contributed by atoms with E-state index in [2.05, 4.69) is 29.7 Å². The minimum absolute atomic E-state index is 0.0389. The monoisotopic (exact) mass is 426 g/mol. The molecular formula is C17H7ClF4N4O3. The van der Waals surface area contributed by atoms with Crippen molar-refractivity contribution in [3.05, 3.63) is 59.1 Å². The number of carbonyl (C=O) groups is 1. The van der Waals surface area contributed by atoms with Crippen molar-refractivity contribution in [2.24, 2.45) is 0 Å². The molecule has 0 spiro atoms. The van der Waals surface area contributed by atoms with Gasteiger partial charge >= 0.3 is 6.29 Å². The minimum atomic E-state index is -3.80. The topological polar surface area (TPSA) is 86.2 Å². The van der Waals surface area contributed by atoms with Gasteiger partial charge in [-0.1, -0.05) is 11.6 Å². The van der Waals surface area contributed by atoms with Crippen molar-refractivity contribution in [3.63, 3.8) is 0 Å². The average Bonchev–Trinajstić information content (AvgIpc) is 2.94. The maximum absolute atomic E-state index is 13.6. The molecule has 0 aliphatic carbocycles. The number of halogens is 5. The normalized spacial score (nSPS) is 14.0. The van der Waals surface area contributed by atoms with Gasteiger partial charge in [0.15, 0.2) is 29.0 Å². The Morgan fingerprint density at radius 3 is 2.28 bits per heavy atom. The molecule has 1 aliphatic heterocycles. The van der Waals surface area contributed by atoms with Gasteiger partial charge in [0.05, 0.1) is 35.5 Å². The fraction of sp³-hybridized carbons (Fsp3) is 0.0588. The van der Waals surface area contributed by atoms with Crippen molar-refractivity contribution < 1.29 is 31.8 Å². The maximum Gasteiger partial charge on any atom is 0.586 e. The quantitative estimate of drug-likeness (QED) is 0.636. The second-order valence-electron chi connectivity index (χ2n) is 5.67. The number of carbonyl (C=O) groups excluding carboxylic acids is 1. The van der Waals surface area contributed by atoms with Gasteiger partial charge in [-0.15, -0.1) is 8.78 Å². The summed E-state index contributed by atoms with van der Waals surface area (Å²) in [6, 6.07) is 2.34. The van der Waals surface area contributed by atoms with Crippen LogP contribution < -0.4 is 14.8 Å². The highest BCUT2D eigenvalue weighted by Gasteiger charge is 2.43. The Kier molecular flexibility index (Phi) is 4.46. The summed E-state index contributed by atoms with van der Waals surface area (Å²) in [7, 11) is 0. The summed E-state index contributed by atoms with van der Waals surface area (Å²) in [5.74, 6) is -3.96. The summed E-state index contributed by atoms with van der Waals surface area (Å²) in [6.45, 7) is 0. The van der Waals surface area contributed by atoms with Gasteiger partial charge < -0.3 is 14.8 Å². The maximum atomic E-state index is 13.6. The van der Waals surface area contributed by atoms with E-state index < -0.39 is 29.4 Å². The highest BCUT2D eigenvalue weighted by atomic mass is 35.5. The number of hydrogen-bond acceptors (Lipinski definition) is 6. The van der Waals surface area contributed by atoms with Crippen LogP contribution in [0.25, 0.3) is 11.3 Å². The lowest BCUT2D eigenvalue weighted by atomic mass is 10.1. The SMILES string of the molecule is O=C(Nc1cnc(-c2cc3c(cc2Cl)OC(F)(F)O3)cn1)c1c(F)cncc1F. The first kappa shape index (κ1) is 18.9. The first-order chi connectivity index (χ1) is 13.7. The van der Waals surface area contributed by atoms with E-state index in [0.717, 1.165) is 12.3 Å². The molecule has 1 aliphatic rings. The number of aromatic nitrogens is 3. The van der Waals surface area contributed by atoms with Crippen molar-refractivity contribution in [1.29, 1.82) is 0 Å². The molecule has 1 N–H and O–H groups in total. The van der Waals surface area contributed by atoms with Crippen LogP contribution in [0.5, 0.6) is 11.5 Å². The Labute approximate surface area is 164 Å². The van der Waals surface area contributed by atoms with Gasteiger partial charge in [0.25, 0.3) is 5.91 Å². The first-order valence-corrected chi connectivity index (χ1v) is 8.13. The highest BCUT2D eigenvalue weighted by Crippen LogP contribution is 2.45. The van der Waals surface area contributed by atoms with E-state index in [4.69, 9.17) is 11.6 Å². The van der Waals surface area contributed by atoms with Crippen molar-refractivity contribution in [3.8, 4) is 22.8 Å². The molecule has 0 unspecified atom stereocenters. The van der Waals surface area contributed by atoms with Crippen LogP contribution in [-0.4, -0.2) is 27.2 Å². The average molecular weight is 427 g/mol. The molecule has 0 saturated heterocycles. The molecule has 12 heteroatoms. The number of benzene rings is 1. The number of hydrogen-bond donors (Lipinski definition) is 1. The highest BCUT2D eigenvalue weighted by molar-refractivity contribution is 6.33. The first-order valence-electron chi connectivity index (χ1n) is 7.75. The number of nitrogens with one attached hydrogen (secondary N) is 1. The van der Waals surface area contributed by atoms with Gasteiger partial charge in [-0.2, -0.15) is 0 Å². The van der Waals surface area contributed by atoms with Crippen LogP contribution >= 0.6 is 11.6 Å². The van der Waals surface area contributed by atoms with E-state index in [-0.39, 0.29) is 33.6 Å². The predicted molar refractivity (Wildman–Crippen MR) is 90.8 cm³/mol. The zero-order chi connectivity index (χ0) is 20.8. The lowest BCUT2D eigenvalue weighted by molar-refractivity contribution is -0.286. The molecule has 4 rings (SSSR count). The van der Waals surface area contributed by atoms with E-state index in [1.54, 1.807) is 0 Å². The number of nitrogens with zero attached hydrogens (tertiary/aromatic N) is 3. The molecule has 29 heavy (non-hydrogen) atoms. The van der Waals surface area contributed by atoms with E-state index in [9.17, 15) is 22.4 Å². The second-order valence-corrected chi connectivity index (χ2v) is 6.07. The van der Waals surface area contributed by atoms with E-state index in [1.807, 2.05) is 0 Å². The van der Waals surface area contributed by atoms with Crippen molar-refractivity contribution in [2.75, 3.05) is 5.32 Å². The molecule has 0 atom stereocenters. The number of ether oxygens (including phenoxy) is 2. The Morgan fingerprint density at radius 1 is 1.00 bits per heavy atom. The second kappa shape index (κ2) is 6.85. The molecule has 1 aromatic carbocycles. The molecule has 0 bridgehead atoms. The van der Waals surface area contributed by atoms with Crippen LogP contribution in [0.4, 0.5) is 23.4 Å². The molecule has 7 nitrogen and oxygen atoms in total. The number of anilines is 1. The van der Waals surface area contributed by atoms with Crippen molar-refractivity contribution in [2.45, 2.75) is 6.29 Å². The van der Waals surface area contributed by atoms with Gasteiger partial charge in [0.1, 0.15) is 5.56 Å². The fourth-order valence-electron chi connectivity index (χ4n) is 2.51. The summed E-state index contributed by atoms with van der Waals surface area (Å²) in [5.41, 5.74) is -0.454. The molecule has 0 fully saturated rings. The molecule has 3 aromatic rings. The van der Waals surface area contributed by atoms with Crippen molar-refractivity contribution >= 4 is 23.3 Å². The van der Waals surface area contributed by atoms with Crippen molar-refractivity contribution in [1.82, 2.24) is 15.0 Å². The van der Waals surface area contributed by atoms with Gasteiger partial charge in [0, 0.05) is 11.6 Å². The fourth-order valence-corrected chi connectivity index (χ4v) is 2.76. The molecule has 1 amide bonds. The summed E-state index contributed by atoms with van der Waals surface area (Å²) in [6.07, 6.45) is -0.145. The Balaban J connectivity index is 1.57. The van der Waals surface area contributed by atoms with Gasteiger partial charge in [-0.05, 0) is 6.07 Å². The zero-order valence-electron chi connectivity index (χ0n) is 13.9.